The second-order valence-corrected chi connectivity index (χ2v) is 6.33. The van der Waals surface area contributed by atoms with Crippen molar-refractivity contribution < 1.29 is 9.53 Å². The molecule has 0 bridgehead atoms. The smallest absolute Gasteiger partial charge is 0.216 e. The summed E-state index contributed by atoms with van der Waals surface area (Å²) in [5.41, 5.74) is 1.13. The molecule has 6 heteroatoms. The third-order valence-corrected chi connectivity index (χ3v) is 4.57. The largest absolute Gasteiger partial charge is 0.376 e. The lowest BCUT2D eigenvalue weighted by Gasteiger charge is -2.25. The molecule has 122 valence electrons. The predicted octanol–water partition coefficient (Wildman–Crippen LogP) is 2.98. The molecular weight excluding hydrogens is 323 g/mol. The Labute approximate surface area is 141 Å². The van der Waals surface area contributed by atoms with Crippen molar-refractivity contribution in [2.75, 3.05) is 26.2 Å². The molecule has 0 saturated carbocycles. The molecule has 2 atom stereocenters. The molecule has 1 amide bonds. The summed E-state index contributed by atoms with van der Waals surface area (Å²) >= 11 is 12.1. The third-order valence-electron chi connectivity index (χ3n) is 3.83. The highest BCUT2D eigenvalue weighted by Gasteiger charge is 2.26. The molecule has 0 radical (unpaired) electrons. The van der Waals surface area contributed by atoms with Crippen molar-refractivity contribution in [3.05, 3.63) is 33.8 Å². The molecule has 1 aliphatic rings. The van der Waals surface area contributed by atoms with E-state index in [1.54, 1.807) is 0 Å². The Kier molecular flexibility index (Phi) is 6.96. The maximum absolute atomic E-state index is 10.9. The summed E-state index contributed by atoms with van der Waals surface area (Å²) < 4.78 is 6.00. The lowest BCUT2D eigenvalue weighted by molar-refractivity contribution is -0.119. The summed E-state index contributed by atoms with van der Waals surface area (Å²) in [6.45, 7) is 4.60. The Hall–Kier alpha value is -0.810. The number of amides is 1. The minimum Gasteiger partial charge on any atom is -0.376 e. The molecule has 1 heterocycles. The highest BCUT2D eigenvalue weighted by Crippen LogP contribution is 2.31. The molecule has 2 rings (SSSR count). The summed E-state index contributed by atoms with van der Waals surface area (Å²) in [5.74, 6) is 0.235. The Morgan fingerprint density at radius 2 is 2.23 bits per heavy atom. The number of benzene rings is 1. The number of hydrogen-bond acceptors (Lipinski definition) is 3. The van der Waals surface area contributed by atoms with Gasteiger partial charge in [-0.25, -0.2) is 0 Å². The van der Waals surface area contributed by atoms with Gasteiger partial charge in [-0.3, -0.25) is 4.79 Å². The first-order valence-electron chi connectivity index (χ1n) is 7.59. The number of halogens is 2. The van der Waals surface area contributed by atoms with Crippen LogP contribution in [-0.2, 0) is 9.53 Å². The van der Waals surface area contributed by atoms with Crippen LogP contribution in [0.2, 0.25) is 10.0 Å². The van der Waals surface area contributed by atoms with Gasteiger partial charge in [0, 0.05) is 32.5 Å². The van der Waals surface area contributed by atoms with Gasteiger partial charge in [-0.2, -0.15) is 0 Å². The van der Waals surface area contributed by atoms with Gasteiger partial charge in [0.25, 0.3) is 0 Å². The first-order valence-corrected chi connectivity index (χ1v) is 8.35. The van der Waals surface area contributed by atoms with Crippen LogP contribution >= 0.6 is 23.2 Å². The second kappa shape index (κ2) is 8.73. The van der Waals surface area contributed by atoms with Crippen molar-refractivity contribution in [3.63, 3.8) is 0 Å². The van der Waals surface area contributed by atoms with Crippen LogP contribution in [0.4, 0.5) is 0 Å². The van der Waals surface area contributed by atoms with Crippen LogP contribution in [0.3, 0.4) is 0 Å². The maximum atomic E-state index is 10.9. The number of carbonyl (C=O) groups is 1. The van der Waals surface area contributed by atoms with Gasteiger partial charge in [0.15, 0.2) is 0 Å². The zero-order valence-corrected chi connectivity index (χ0v) is 14.2. The number of hydrogen-bond donors (Lipinski definition) is 2. The van der Waals surface area contributed by atoms with Gasteiger partial charge >= 0.3 is 0 Å². The molecule has 1 aromatic carbocycles. The third kappa shape index (κ3) is 5.13. The molecular formula is C16H22Cl2N2O2. The molecule has 4 nitrogen and oxygen atoms in total. The second-order valence-electron chi connectivity index (χ2n) is 5.52. The predicted molar refractivity (Wildman–Crippen MR) is 89.7 cm³/mol. The van der Waals surface area contributed by atoms with Crippen molar-refractivity contribution in [2.45, 2.75) is 31.8 Å². The number of carbonyl (C=O) groups excluding carboxylic acids is 1. The SMILES string of the molecule is CC(=O)NCCC[C@@H]1OCCNC[C@H]1c1ccc(Cl)c(Cl)c1. The van der Waals surface area contributed by atoms with Crippen molar-refractivity contribution in [1.29, 1.82) is 0 Å². The Morgan fingerprint density at radius 1 is 1.41 bits per heavy atom. The highest BCUT2D eigenvalue weighted by atomic mass is 35.5. The van der Waals surface area contributed by atoms with Crippen LogP contribution in [0.25, 0.3) is 0 Å². The van der Waals surface area contributed by atoms with Gasteiger partial charge in [-0.05, 0) is 30.5 Å². The quantitative estimate of drug-likeness (QED) is 0.807. The molecule has 22 heavy (non-hydrogen) atoms. The summed E-state index contributed by atoms with van der Waals surface area (Å²) in [4.78, 5) is 10.9. The Balaban J connectivity index is 2.03. The van der Waals surface area contributed by atoms with Crippen LogP contribution in [0.1, 0.15) is 31.2 Å². The first kappa shape index (κ1) is 17.5. The molecule has 0 unspecified atom stereocenters. The average Bonchev–Trinajstić information content (AvgIpc) is 2.72. The molecule has 0 aliphatic carbocycles. The number of ether oxygens (including phenoxy) is 1. The standard InChI is InChI=1S/C16H22Cl2N2O2/c1-11(21)20-6-2-3-16-13(10-19-7-8-22-16)12-4-5-14(17)15(18)9-12/h4-5,9,13,16,19H,2-3,6-8,10H2,1H3,(H,20,21)/t13-,16-/m0/s1. The van der Waals surface area contributed by atoms with E-state index in [-0.39, 0.29) is 17.9 Å². The maximum Gasteiger partial charge on any atom is 0.216 e. The molecule has 0 aromatic heterocycles. The number of nitrogens with one attached hydrogen (secondary N) is 2. The van der Waals surface area contributed by atoms with E-state index in [2.05, 4.69) is 10.6 Å². The van der Waals surface area contributed by atoms with Crippen LogP contribution in [-0.4, -0.2) is 38.3 Å². The zero-order chi connectivity index (χ0) is 15.9. The Bertz CT molecular complexity index is 511. The Morgan fingerprint density at radius 3 is 2.95 bits per heavy atom. The van der Waals surface area contributed by atoms with Crippen molar-refractivity contribution in [1.82, 2.24) is 10.6 Å². The van der Waals surface area contributed by atoms with Crippen molar-refractivity contribution in [2.24, 2.45) is 0 Å². The fraction of sp³-hybridized carbons (Fsp3) is 0.562. The first-order chi connectivity index (χ1) is 10.6. The zero-order valence-electron chi connectivity index (χ0n) is 12.7. The van der Waals surface area contributed by atoms with E-state index in [1.165, 1.54) is 6.92 Å². The lowest BCUT2D eigenvalue weighted by atomic mass is 9.90. The minimum absolute atomic E-state index is 0.00415. The van der Waals surface area contributed by atoms with Crippen LogP contribution < -0.4 is 10.6 Å². The van der Waals surface area contributed by atoms with Crippen LogP contribution in [0.15, 0.2) is 18.2 Å². The van der Waals surface area contributed by atoms with E-state index in [9.17, 15) is 4.79 Å². The van der Waals surface area contributed by atoms with E-state index in [0.29, 0.717) is 23.2 Å². The van der Waals surface area contributed by atoms with Crippen LogP contribution in [0.5, 0.6) is 0 Å². The van der Waals surface area contributed by atoms with E-state index >= 15 is 0 Å². The van der Waals surface area contributed by atoms with Gasteiger partial charge in [-0.1, -0.05) is 29.3 Å². The monoisotopic (exact) mass is 344 g/mol. The molecule has 1 fully saturated rings. The van der Waals surface area contributed by atoms with Crippen molar-refractivity contribution >= 4 is 29.1 Å². The van der Waals surface area contributed by atoms with Crippen LogP contribution in [0, 0.1) is 0 Å². The molecule has 0 spiro atoms. The van der Waals surface area contributed by atoms with Gasteiger partial charge in [0.2, 0.25) is 5.91 Å². The number of rotatable bonds is 5. The average molecular weight is 345 g/mol. The normalized spacial score (nSPS) is 22.1. The minimum atomic E-state index is 0.00415. The van der Waals surface area contributed by atoms with Gasteiger partial charge < -0.3 is 15.4 Å². The summed E-state index contributed by atoms with van der Waals surface area (Å²) in [7, 11) is 0. The highest BCUT2D eigenvalue weighted by molar-refractivity contribution is 6.42. The fourth-order valence-corrected chi connectivity index (χ4v) is 3.02. The topological polar surface area (TPSA) is 50.4 Å². The molecule has 1 aliphatic heterocycles. The lowest BCUT2D eigenvalue weighted by Crippen LogP contribution is -2.28. The van der Waals surface area contributed by atoms with E-state index in [4.69, 9.17) is 27.9 Å². The van der Waals surface area contributed by atoms with Gasteiger partial charge in [0.1, 0.15) is 0 Å². The van der Waals surface area contributed by atoms with Gasteiger partial charge in [-0.15, -0.1) is 0 Å². The van der Waals surface area contributed by atoms with E-state index in [1.807, 2.05) is 18.2 Å². The molecule has 1 aromatic rings. The summed E-state index contributed by atoms with van der Waals surface area (Å²) in [6.07, 6.45) is 1.90. The van der Waals surface area contributed by atoms with E-state index in [0.717, 1.165) is 31.5 Å². The summed E-state index contributed by atoms with van der Waals surface area (Å²) in [6, 6.07) is 5.76. The van der Waals surface area contributed by atoms with E-state index < -0.39 is 0 Å². The van der Waals surface area contributed by atoms with Crippen molar-refractivity contribution in [3.8, 4) is 0 Å². The summed E-state index contributed by atoms with van der Waals surface area (Å²) in [5, 5.41) is 7.36. The molecule has 2 N–H and O–H groups in total. The fourth-order valence-electron chi connectivity index (χ4n) is 2.72. The van der Waals surface area contributed by atoms with Gasteiger partial charge in [0.05, 0.1) is 22.8 Å². The molecule has 1 saturated heterocycles.